The van der Waals surface area contributed by atoms with Crippen LogP contribution in [0.5, 0.6) is 0 Å². The summed E-state index contributed by atoms with van der Waals surface area (Å²) in [6.45, 7) is 12.7. The quantitative estimate of drug-likeness (QED) is 0.419. The first-order valence-corrected chi connectivity index (χ1v) is 10.7. The fraction of sp³-hybridized carbons (Fsp3) is 0.739. The van der Waals surface area contributed by atoms with Gasteiger partial charge in [-0.05, 0) is 48.8 Å². The second kappa shape index (κ2) is 10.2. The van der Waals surface area contributed by atoms with Crippen molar-refractivity contribution < 1.29 is 0 Å². The zero-order valence-corrected chi connectivity index (χ0v) is 17.2. The summed E-state index contributed by atoms with van der Waals surface area (Å²) < 4.78 is 0. The number of hydrogen-bond donors (Lipinski definition) is 2. The lowest BCUT2D eigenvalue weighted by Crippen LogP contribution is -2.44. The number of nitrogens with one attached hydrogen (secondary N) is 2. The molecule has 0 aromatic heterocycles. The molecule has 142 valence electrons. The number of anilines is 1. The average molecular weight is 345 g/mol. The molecular formula is C23H40N2. The Hall–Kier alpha value is -1.02. The number of rotatable bonds is 8. The molecule has 25 heavy (non-hydrogen) atoms. The third kappa shape index (κ3) is 5.74. The van der Waals surface area contributed by atoms with E-state index in [1.54, 1.807) is 0 Å². The highest BCUT2D eigenvalue weighted by atomic mass is 15.0. The molecule has 2 heteroatoms. The Kier molecular flexibility index (Phi) is 8.29. The van der Waals surface area contributed by atoms with Crippen LogP contribution in [0, 0.1) is 0 Å². The first-order chi connectivity index (χ1) is 12.0. The van der Waals surface area contributed by atoms with Crippen molar-refractivity contribution in [3.05, 3.63) is 29.3 Å². The highest BCUT2D eigenvalue weighted by molar-refractivity contribution is 5.60. The van der Waals surface area contributed by atoms with Gasteiger partial charge in [0.05, 0.1) is 0 Å². The molecular weight excluding hydrogens is 304 g/mol. The van der Waals surface area contributed by atoms with E-state index in [4.69, 9.17) is 0 Å². The Morgan fingerprint density at radius 1 is 0.920 bits per heavy atom. The van der Waals surface area contributed by atoms with Gasteiger partial charge in [0, 0.05) is 17.8 Å². The number of benzene rings is 1. The summed E-state index contributed by atoms with van der Waals surface area (Å²) in [5.74, 6) is 1.11. The molecule has 0 aliphatic heterocycles. The zero-order chi connectivity index (χ0) is 18.2. The molecule has 1 aliphatic carbocycles. The van der Waals surface area contributed by atoms with E-state index in [1.165, 1.54) is 61.8 Å². The van der Waals surface area contributed by atoms with E-state index >= 15 is 0 Å². The molecule has 1 fully saturated rings. The molecule has 0 saturated heterocycles. The fourth-order valence-electron chi connectivity index (χ4n) is 4.09. The second-order valence-electron chi connectivity index (χ2n) is 8.42. The second-order valence-corrected chi connectivity index (χ2v) is 8.42. The minimum absolute atomic E-state index is 0.553. The molecule has 0 radical (unpaired) electrons. The van der Waals surface area contributed by atoms with E-state index in [2.05, 4.69) is 63.5 Å². The molecule has 0 heterocycles. The molecule has 1 aliphatic rings. The van der Waals surface area contributed by atoms with Crippen LogP contribution < -0.4 is 10.6 Å². The lowest BCUT2D eigenvalue weighted by atomic mass is 9.91. The maximum Gasteiger partial charge on any atom is 0.0414 e. The highest BCUT2D eigenvalue weighted by Gasteiger charge is 2.25. The molecule has 1 aromatic carbocycles. The van der Waals surface area contributed by atoms with Gasteiger partial charge in [-0.1, -0.05) is 78.5 Å². The Balaban J connectivity index is 2.24. The molecule has 1 saturated carbocycles. The first-order valence-electron chi connectivity index (χ1n) is 10.7. The van der Waals surface area contributed by atoms with Gasteiger partial charge in [0.25, 0.3) is 0 Å². The van der Waals surface area contributed by atoms with Crippen molar-refractivity contribution in [3.63, 3.8) is 0 Å². The molecule has 2 N–H and O–H groups in total. The van der Waals surface area contributed by atoms with Crippen LogP contribution in [0.4, 0.5) is 5.69 Å². The normalized spacial score (nSPS) is 21.6. The number of hydrogen-bond acceptors (Lipinski definition) is 2. The van der Waals surface area contributed by atoms with Gasteiger partial charge in [0.2, 0.25) is 0 Å². The van der Waals surface area contributed by atoms with E-state index < -0.39 is 0 Å². The number of unbranched alkanes of at least 4 members (excludes halogenated alkanes) is 1. The summed E-state index contributed by atoms with van der Waals surface area (Å²) in [6.07, 6.45) is 9.24. The third-order valence-corrected chi connectivity index (χ3v) is 5.66. The molecule has 2 atom stereocenters. The lowest BCUT2D eigenvalue weighted by Gasteiger charge is -2.31. The van der Waals surface area contributed by atoms with Crippen molar-refractivity contribution in [3.8, 4) is 0 Å². The van der Waals surface area contributed by atoms with E-state index in [1.807, 2.05) is 0 Å². The lowest BCUT2D eigenvalue weighted by molar-refractivity contribution is 0.422. The molecule has 0 spiro atoms. The smallest absolute Gasteiger partial charge is 0.0414 e. The van der Waals surface area contributed by atoms with Crippen LogP contribution in [-0.2, 0) is 0 Å². The molecule has 0 bridgehead atoms. The van der Waals surface area contributed by atoms with Crippen LogP contribution in [0.25, 0.3) is 0 Å². The van der Waals surface area contributed by atoms with Gasteiger partial charge in [-0.3, -0.25) is 0 Å². The van der Waals surface area contributed by atoms with Crippen molar-refractivity contribution in [1.29, 1.82) is 0 Å². The largest absolute Gasteiger partial charge is 0.380 e. The topological polar surface area (TPSA) is 24.1 Å². The SMILES string of the molecule is CCCCNC1CCCCCC1Nc1c(C(C)C)cccc1C(C)C. The van der Waals surface area contributed by atoms with Crippen LogP contribution in [0.2, 0.25) is 0 Å². The summed E-state index contributed by atoms with van der Waals surface area (Å²) in [4.78, 5) is 0. The van der Waals surface area contributed by atoms with Crippen LogP contribution in [0.3, 0.4) is 0 Å². The van der Waals surface area contributed by atoms with Crippen molar-refractivity contribution in [2.24, 2.45) is 0 Å². The first kappa shape index (κ1) is 20.3. The van der Waals surface area contributed by atoms with Gasteiger partial charge in [0.15, 0.2) is 0 Å². The van der Waals surface area contributed by atoms with Crippen LogP contribution in [0.15, 0.2) is 18.2 Å². The highest BCUT2D eigenvalue weighted by Crippen LogP contribution is 2.34. The summed E-state index contributed by atoms with van der Waals surface area (Å²) in [7, 11) is 0. The van der Waals surface area contributed by atoms with Crippen LogP contribution in [-0.4, -0.2) is 18.6 Å². The van der Waals surface area contributed by atoms with E-state index in [0.717, 1.165) is 6.54 Å². The van der Waals surface area contributed by atoms with Crippen molar-refractivity contribution in [2.75, 3.05) is 11.9 Å². The van der Waals surface area contributed by atoms with E-state index in [-0.39, 0.29) is 0 Å². The molecule has 2 rings (SSSR count). The average Bonchev–Trinajstić information content (AvgIpc) is 2.80. The predicted molar refractivity (Wildman–Crippen MR) is 112 cm³/mol. The third-order valence-electron chi connectivity index (χ3n) is 5.66. The minimum atomic E-state index is 0.553. The van der Waals surface area contributed by atoms with Crippen LogP contribution >= 0.6 is 0 Å². The van der Waals surface area contributed by atoms with Crippen molar-refractivity contribution in [2.45, 2.75) is 103 Å². The summed E-state index contributed by atoms with van der Waals surface area (Å²) in [6, 6.07) is 8.02. The minimum Gasteiger partial charge on any atom is -0.380 e. The Morgan fingerprint density at radius 2 is 1.52 bits per heavy atom. The monoisotopic (exact) mass is 344 g/mol. The Morgan fingerprint density at radius 3 is 2.08 bits per heavy atom. The van der Waals surface area contributed by atoms with Gasteiger partial charge in [-0.25, -0.2) is 0 Å². The van der Waals surface area contributed by atoms with Gasteiger partial charge >= 0.3 is 0 Å². The Bertz CT molecular complexity index is 481. The summed E-state index contributed by atoms with van der Waals surface area (Å²) in [5.41, 5.74) is 4.37. The van der Waals surface area contributed by atoms with Crippen LogP contribution in [0.1, 0.15) is 103 Å². The summed E-state index contributed by atoms with van der Waals surface area (Å²) in [5, 5.41) is 7.90. The van der Waals surface area contributed by atoms with Gasteiger partial charge in [-0.15, -0.1) is 0 Å². The predicted octanol–water partition coefficient (Wildman–Crippen LogP) is 6.44. The van der Waals surface area contributed by atoms with Gasteiger partial charge < -0.3 is 10.6 Å². The van der Waals surface area contributed by atoms with Gasteiger partial charge in [0.1, 0.15) is 0 Å². The molecule has 1 aromatic rings. The molecule has 2 nitrogen and oxygen atoms in total. The Labute approximate surface area is 156 Å². The maximum atomic E-state index is 4.04. The zero-order valence-electron chi connectivity index (χ0n) is 17.2. The summed E-state index contributed by atoms with van der Waals surface area (Å²) >= 11 is 0. The van der Waals surface area contributed by atoms with Crippen molar-refractivity contribution >= 4 is 5.69 Å². The van der Waals surface area contributed by atoms with E-state index in [0.29, 0.717) is 23.9 Å². The number of para-hydroxylation sites is 1. The molecule has 0 amide bonds. The van der Waals surface area contributed by atoms with E-state index in [9.17, 15) is 0 Å². The fourth-order valence-corrected chi connectivity index (χ4v) is 4.09. The molecule has 2 unspecified atom stereocenters. The van der Waals surface area contributed by atoms with Crippen molar-refractivity contribution in [1.82, 2.24) is 5.32 Å². The maximum absolute atomic E-state index is 4.04. The van der Waals surface area contributed by atoms with Gasteiger partial charge in [-0.2, -0.15) is 0 Å². The standard InChI is InChI=1S/C23H40N2/c1-6-7-16-24-21-14-9-8-10-15-22(21)25-23-19(17(2)3)12-11-13-20(23)18(4)5/h11-13,17-18,21-22,24-25H,6-10,14-16H2,1-5H3.